The van der Waals surface area contributed by atoms with E-state index in [0.717, 1.165) is 11.8 Å². The van der Waals surface area contributed by atoms with Crippen LogP contribution in [0.3, 0.4) is 0 Å². The lowest BCUT2D eigenvalue weighted by Crippen LogP contribution is -2.05. The lowest BCUT2D eigenvalue weighted by molar-refractivity contribution is 0.391. The molecule has 0 amide bonds. The average Bonchev–Trinajstić information content (AvgIpc) is 2.68. The zero-order chi connectivity index (χ0) is 12.7. The van der Waals surface area contributed by atoms with Crippen LogP contribution in [0.15, 0.2) is 30.3 Å². The van der Waals surface area contributed by atoms with Crippen LogP contribution in [0.2, 0.25) is 0 Å². The average molecular weight is 267 g/mol. The Morgan fingerprint density at radius 2 is 1.50 bits per heavy atom. The van der Waals surface area contributed by atoms with Crippen LogP contribution in [-0.4, -0.2) is 0 Å². The molecule has 1 atom stereocenters. The Morgan fingerprint density at radius 3 is 1.94 bits per heavy atom. The summed E-state index contributed by atoms with van der Waals surface area (Å²) in [7, 11) is 0. The fourth-order valence-electron chi connectivity index (χ4n) is 3.88. The number of hydrogen-bond donors (Lipinski definition) is 0. The Morgan fingerprint density at radius 1 is 1.00 bits per heavy atom. The molecule has 0 N–H and O–H groups in total. The molecular weight excluding hydrogens is 240 g/mol. The molecule has 0 radical (unpaired) electrons. The van der Waals surface area contributed by atoms with E-state index >= 15 is 0 Å². The van der Waals surface area contributed by atoms with E-state index in [4.69, 9.17) is 0 Å². The summed E-state index contributed by atoms with van der Waals surface area (Å²) in [6, 6.07) is 10.9. The maximum atomic E-state index is 2.43. The maximum absolute atomic E-state index is 2.43. The van der Waals surface area contributed by atoms with Crippen molar-refractivity contribution in [3.63, 3.8) is 0 Å². The van der Waals surface area contributed by atoms with Gasteiger partial charge in [0.05, 0.1) is 0 Å². The number of benzene rings is 1. The van der Waals surface area contributed by atoms with Gasteiger partial charge in [0, 0.05) is 0 Å². The molecule has 1 unspecified atom stereocenters. The summed E-state index contributed by atoms with van der Waals surface area (Å²) >= 11 is 0. The summed E-state index contributed by atoms with van der Waals surface area (Å²) in [5, 5.41) is 0. The van der Waals surface area contributed by atoms with Crippen molar-refractivity contribution >= 4 is 12.4 Å². The largest absolute Gasteiger partial charge is 0.147 e. The van der Waals surface area contributed by atoms with Crippen LogP contribution in [0, 0.1) is 22.7 Å². The van der Waals surface area contributed by atoms with Gasteiger partial charge >= 0.3 is 0 Å². The molecule has 0 bridgehead atoms. The first-order chi connectivity index (χ1) is 7.87. The fourth-order valence-corrected chi connectivity index (χ4v) is 3.88. The molecule has 0 aromatic heterocycles. The fraction of sp³-hybridized carbons (Fsp3) is 0.647. The molecule has 0 heterocycles. The molecule has 2 rings (SSSR count). The van der Waals surface area contributed by atoms with Crippen LogP contribution in [-0.2, 0) is 6.42 Å². The van der Waals surface area contributed by atoms with E-state index in [2.05, 4.69) is 65.0 Å². The van der Waals surface area contributed by atoms with Gasteiger partial charge in [0.2, 0.25) is 0 Å². The molecule has 1 fully saturated rings. The summed E-state index contributed by atoms with van der Waals surface area (Å²) in [6.45, 7) is 12.1. The van der Waals surface area contributed by atoms with Gasteiger partial charge in [0.15, 0.2) is 0 Å². The third kappa shape index (κ3) is 2.59. The minimum Gasteiger partial charge on any atom is -0.147 e. The molecule has 1 heteroatoms. The number of rotatable bonds is 4. The summed E-state index contributed by atoms with van der Waals surface area (Å²) < 4.78 is 0. The van der Waals surface area contributed by atoms with Crippen molar-refractivity contribution < 1.29 is 0 Å². The molecule has 1 aliphatic rings. The molecule has 1 aliphatic carbocycles. The van der Waals surface area contributed by atoms with Gasteiger partial charge in [-0.15, -0.1) is 12.4 Å². The summed E-state index contributed by atoms with van der Waals surface area (Å²) in [6.07, 6.45) is 2.55. The van der Waals surface area contributed by atoms with Crippen molar-refractivity contribution in [2.75, 3.05) is 0 Å². The summed E-state index contributed by atoms with van der Waals surface area (Å²) in [5.41, 5.74) is 2.54. The van der Waals surface area contributed by atoms with E-state index in [-0.39, 0.29) is 12.4 Å². The van der Waals surface area contributed by atoms with Crippen molar-refractivity contribution in [3.05, 3.63) is 35.9 Å². The highest BCUT2D eigenvalue weighted by atomic mass is 35.5. The van der Waals surface area contributed by atoms with Gasteiger partial charge < -0.3 is 0 Å². The van der Waals surface area contributed by atoms with Crippen LogP contribution >= 0.6 is 12.4 Å². The van der Waals surface area contributed by atoms with Crippen molar-refractivity contribution in [3.8, 4) is 0 Å². The highest BCUT2D eigenvalue weighted by Gasteiger charge is 2.65. The van der Waals surface area contributed by atoms with Crippen molar-refractivity contribution in [1.82, 2.24) is 0 Å². The first-order valence-corrected chi connectivity index (χ1v) is 6.91. The standard InChI is InChI=1S/C17H26.ClH/c1-13(15-16(2,3)17(15,4)5)11-12-14-9-7-6-8-10-14;/h6-10,13,15H,11-12H2,1-5H3;1H. The normalized spacial score (nSPS) is 22.1. The SMILES string of the molecule is CC(CCc1ccccc1)C1C(C)(C)C1(C)C.Cl. The van der Waals surface area contributed by atoms with Crippen LogP contribution < -0.4 is 0 Å². The highest BCUT2D eigenvalue weighted by molar-refractivity contribution is 5.85. The molecule has 1 aromatic carbocycles. The first kappa shape index (κ1) is 15.6. The van der Waals surface area contributed by atoms with Crippen molar-refractivity contribution in [2.45, 2.75) is 47.5 Å². The summed E-state index contributed by atoms with van der Waals surface area (Å²) in [5.74, 6) is 1.72. The Labute approximate surface area is 119 Å². The molecule has 0 aliphatic heterocycles. The van der Waals surface area contributed by atoms with Gasteiger partial charge in [-0.25, -0.2) is 0 Å². The second-order valence-electron chi connectivity index (χ2n) is 6.92. The van der Waals surface area contributed by atoms with E-state index in [1.165, 1.54) is 18.4 Å². The van der Waals surface area contributed by atoms with Gasteiger partial charge in [-0.05, 0) is 41.1 Å². The molecule has 102 valence electrons. The lowest BCUT2D eigenvalue weighted by Gasteiger charge is -2.13. The van der Waals surface area contributed by atoms with Crippen molar-refractivity contribution in [1.29, 1.82) is 0 Å². The first-order valence-electron chi connectivity index (χ1n) is 6.91. The quantitative estimate of drug-likeness (QED) is 0.688. The van der Waals surface area contributed by atoms with Gasteiger partial charge in [-0.1, -0.05) is 65.0 Å². The van der Waals surface area contributed by atoms with E-state index in [0.29, 0.717) is 10.8 Å². The lowest BCUT2D eigenvalue weighted by atomic mass is 9.92. The van der Waals surface area contributed by atoms with E-state index in [1.54, 1.807) is 0 Å². The molecule has 1 saturated carbocycles. The zero-order valence-corrected chi connectivity index (χ0v) is 13.2. The Kier molecular flexibility index (Phi) is 4.54. The van der Waals surface area contributed by atoms with Gasteiger partial charge in [0.25, 0.3) is 0 Å². The van der Waals surface area contributed by atoms with Crippen molar-refractivity contribution in [2.24, 2.45) is 22.7 Å². The third-order valence-electron chi connectivity index (χ3n) is 5.43. The predicted molar refractivity (Wildman–Crippen MR) is 82.2 cm³/mol. The topological polar surface area (TPSA) is 0 Å². The number of hydrogen-bond acceptors (Lipinski definition) is 0. The van der Waals surface area contributed by atoms with Gasteiger partial charge in [-0.3, -0.25) is 0 Å². The van der Waals surface area contributed by atoms with Crippen LogP contribution in [0.4, 0.5) is 0 Å². The third-order valence-corrected chi connectivity index (χ3v) is 5.43. The highest BCUT2D eigenvalue weighted by Crippen LogP contribution is 2.71. The zero-order valence-electron chi connectivity index (χ0n) is 12.4. The Hall–Kier alpha value is -0.490. The van der Waals surface area contributed by atoms with Crippen LogP contribution in [0.25, 0.3) is 0 Å². The number of aryl methyl sites for hydroxylation is 1. The van der Waals surface area contributed by atoms with Gasteiger partial charge in [-0.2, -0.15) is 0 Å². The van der Waals surface area contributed by atoms with E-state index < -0.39 is 0 Å². The second-order valence-corrected chi connectivity index (χ2v) is 6.92. The van der Waals surface area contributed by atoms with Gasteiger partial charge in [0.1, 0.15) is 0 Å². The van der Waals surface area contributed by atoms with Crippen LogP contribution in [0.5, 0.6) is 0 Å². The minimum absolute atomic E-state index is 0. The molecule has 0 nitrogen and oxygen atoms in total. The summed E-state index contributed by atoms with van der Waals surface area (Å²) in [4.78, 5) is 0. The van der Waals surface area contributed by atoms with E-state index in [9.17, 15) is 0 Å². The van der Waals surface area contributed by atoms with E-state index in [1.807, 2.05) is 0 Å². The Bertz CT molecular complexity index is 364. The number of halogens is 1. The predicted octanol–water partition coefficient (Wildman–Crippen LogP) is 5.36. The second kappa shape index (κ2) is 5.25. The smallest absolute Gasteiger partial charge is 0.0264 e. The van der Waals surface area contributed by atoms with Crippen LogP contribution in [0.1, 0.15) is 46.6 Å². The monoisotopic (exact) mass is 266 g/mol. The molecule has 0 spiro atoms. The maximum Gasteiger partial charge on any atom is -0.0264 e. The molecule has 0 saturated heterocycles. The molecular formula is C17H27Cl. The molecule has 1 aromatic rings. The molecule has 18 heavy (non-hydrogen) atoms. The Balaban J connectivity index is 0.00000162. The minimum atomic E-state index is 0.